The van der Waals surface area contributed by atoms with Crippen LogP contribution in [0.15, 0.2) is 42.5 Å². The summed E-state index contributed by atoms with van der Waals surface area (Å²) in [7, 11) is 0. The molecule has 0 unspecified atom stereocenters. The first-order valence-electron chi connectivity index (χ1n) is 8.23. The van der Waals surface area contributed by atoms with E-state index in [1.807, 2.05) is 31.2 Å². The van der Waals surface area contributed by atoms with E-state index in [0.717, 1.165) is 11.3 Å². The summed E-state index contributed by atoms with van der Waals surface area (Å²) in [6.45, 7) is 4.75. The quantitative estimate of drug-likeness (QED) is 0.731. The van der Waals surface area contributed by atoms with Crippen LogP contribution in [0.3, 0.4) is 0 Å². The van der Waals surface area contributed by atoms with Gasteiger partial charge in [0, 0.05) is 25.7 Å². The van der Waals surface area contributed by atoms with Gasteiger partial charge < -0.3 is 15.5 Å². The monoisotopic (exact) mass is 393 g/mol. The zero-order valence-electron chi connectivity index (χ0n) is 14.7. The first kappa shape index (κ1) is 20.1. The molecule has 0 atom stereocenters. The van der Waals surface area contributed by atoms with Crippen LogP contribution in [-0.4, -0.2) is 29.8 Å². The number of nitrogens with zero attached hydrogens (tertiary/aromatic N) is 1. The summed E-state index contributed by atoms with van der Waals surface area (Å²) in [4.78, 5) is 25.4. The predicted molar refractivity (Wildman–Crippen MR) is 107 cm³/mol. The number of carbonyl (C=O) groups is 2. The summed E-state index contributed by atoms with van der Waals surface area (Å²) >= 11 is 12.0. The van der Waals surface area contributed by atoms with Crippen LogP contribution in [0.1, 0.15) is 19.4 Å². The van der Waals surface area contributed by atoms with Crippen LogP contribution < -0.4 is 10.6 Å². The number of halogens is 2. The Morgan fingerprint density at radius 1 is 1.12 bits per heavy atom. The van der Waals surface area contributed by atoms with Crippen molar-refractivity contribution in [2.24, 2.45) is 0 Å². The van der Waals surface area contributed by atoms with E-state index in [1.54, 1.807) is 30.0 Å². The normalized spacial score (nSPS) is 10.3. The molecule has 0 fully saturated rings. The van der Waals surface area contributed by atoms with Gasteiger partial charge >= 0.3 is 0 Å². The Morgan fingerprint density at radius 2 is 1.85 bits per heavy atom. The second-order valence-electron chi connectivity index (χ2n) is 5.74. The highest BCUT2D eigenvalue weighted by molar-refractivity contribution is 6.44. The Morgan fingerprint density at radius 3 is 2.54 bits per heavy atom. The molecule has 0 aliphatic heterocycles. The molecular formula is C19H21Cl2N3O2. The van der Waals surface area contributed by atoms with Crippen molar-refractivity contribution in [3.05, 3.63) is 58.1 Å². The maximum atomic E-state index is 12.1. The van der Waals surface area contributed by atoms with Gasteiger partial charge in [0.15, 0.2) is 0 Å². The van der Waals surface area contributed by atoms with E-state index >= 15 is 0 Å². The fourth-order valence-corrected chi connectivity index (χ4v) is 2.77. The van der Waals surface area contributed by atoms with Crippen molar-refractivity contribution in [3.63, 3.8) is 0 Å². The molecule has 0 aliphatic rings. The van der Waals surface area contributed by atoms with E-state index in [2.05, 4.69) is 10.6 Å². The fourth-order valence-electron chi connectivity index (χ4n) is 2.42. The Balaban J connectivity index is 1.94. The van der Waals surface area contributed by atoms with Gasteiger partial charge in [-0.25, -0.2) is 0 Å². The van der Waals surface area contributed by atoms with Crippen molar-refractivity contribution in [1.29, 1.82) is 0 Å². The SMILES string of the molecule is CCN(Cc1cccc(NCC(=O)Nc2cccc(Cl)c2Cl)c1)C(C)=O. The van der Waals surface area contributed by atoms with Gasteiger partial charge in [-0.3, -0.25) is 9.59 Å². The van der Waals surface area contributed by atoms with Crippen LogP contribution in [0, 0.1) is 0 Å². The maximum absolute atomic E-state index is 12.1. The third kappa shape index (κ3) is 5.64. The maximum Gasteiger partial charge on any atom is 0.243 e. The van der Waals surface area contributed by atoms with Gasteiger partial charge in [0.05, 0.1) is 22.3 Å². The number of amides is 2. The first-order chi connectivity index (χ1) is 12.4. The summed E-state index contributed by atoms with van der Waals surface area (Å²) in [6, 6.07) is 12.7. The number of rotatable bonds is 7. The average Bonchev–Trinajstić information content (AvgIpc) is 2.62. The molecule has 7 heteroatoms. The highest BCUT2D eigenvalue weighted by atomic mass is 35.5. The van der Waals surface area contributed by atoms with Crippen LogP contribution in [0.4, 0.5) is 11.4 Å². The second kappa shape index (κ2) is 9.46. The smallest absolute Gasteiger partial charge is 0.243 e. The van der Waals surface area contributed by atoms with Crippen LogP contribution in [-0.2, 0) is 16.1 Å². The number of anilines is 2. The zero-order chi connectivity index (χ0) is 19.1. The number of carbonyl (C=O) groups excluding carboxylic acids is 2. The second-order valence-corrected chi connectivity index (χ2v) is 6.52. The molecule has 0 heterocycles. The van der Waals surface area contributed by atoms with Gasteiger partial charge in [-0.2, -0.15) is 0 Å². The number of hydrogen-bond acceptors (Lipinski definition) is 3. The lowest BCUT2D eigenvalue weighted by molar-refractivity contribution is -0.129. The molecule has 0 spiro atoms. The summed E-state index contributed by atoms with van der Waals surface area (Å²) in [5.74, 6) is -0.206. The highest BCUT2D eigenvalue weighted by Gasteiger charge is 2.09. The first-order valence-corrected chi connectivity index (χ1v) is 8.98. The molecule has 2 amide bonds. The van der Waals surface area contributed by atoms with E-state index in [4.69, 9.17) is 23.2 Å². The molecule has 0 saturated carbocycles. The minimum Gasteiger partial charge on any atom is -0.376 e. The molecule has 0 bridgehead atoms. The number of benzene rings is 2. The number of nitrogens with one attached hydrogen (secondary N) is 2. The van der Waals surface area contributed by atoms with Crippen molar-refractivity contribution in [1.82, 2.24) is 4.90 Å². The summed E-state index contributed by atoms with van der Waals surface area (Å²) in [6.07, 6.45) is 0. The minimum atomic E-state index is -0.238. The lowest BCUT2D eigenvalue weighted by Crippen LogP contribution is -2.27. The topological polar surface area (TPSA) is 61.4 Å². The van der Waals surface area contributed by atoms with Gasteiger partial charge in [-0.05, 0) is 36.8 Å². The molecular weight excluding hydrogens is 373 g/mol. The van der Waals surface area contributed by atoms with Crippen LogP contribution in [0.2, 0.25) is 10.0 Å². The lowest BCUT2D eigenvalue weighted by atomic mass is 10.2. The van der Waals surface area contributed by atoms with Crippen molar-refractivity contribution < 1.29 is 9.59 Å². The van der Waals surface area contributed by atoms with E-state index in [1.165, 1.54) is 0 Å². The predicted octanol–water partition coefficient (Wildman–Crippen LogP) is 4.41. The fraction of sp³-hybridized carbons (Fsp3) is 0.263. The summed E-state index contributed by atoms with van der Waals surface area (Å²) < 4.78 is 0. The molecule has 138 valence electrons. The van der Waals surface area contributed by atoms with Gasteiger partial charge in [0.25, 0.3) is 0 Å². The zero-order valence-corrected chi connectivity index (χ0v) is 16.2. The third-order valence-corrected chi connectivity index (χ3v) is 4.63. The molecule has 0 aliphatic carbocycles. The van der Waals surface area contributed by atoms with Crippen LogP contribution in [0.5, 0.6) is 0 Å². The van der Waals surface area contributed by atoms with E-state index in [-0.39, 0.29) is 18.4 Å². The van der Waals surface area contributed by atoms with E-state index in [9.17, 15) is 9.59 Å². The standard InChI is InChI=1S/C19H21Cl2N3O2/c1-3-24(13(2)25)12-14-6-4-7-15(10-14)22-11-18(26)23-17-9-5-8-16(20)19(17)21/h4-10,22H,3,11-12H2,1-2H3,(H,23,26). The molecule has 2 aromatic carbocycles. The average molecular weight is 394 g/mol. The van der Waals surface area contributed by atoms with Gasteiger partial charge in [0.2, 0.25) is 11.8 Å². The van der Waals surface area contributed by atoms with Gasteiger partial charge in [-0.15, -0.1) is 0 Å². The molecule has 2 N–H and O–H groups in total. The van der Waals surface area contributed by atoms with E-state index in [0.29, 0.717) is 28.8 Å². The van der Waals surface area contributed by atoms with Crippen LogP contribution >= 0.6 is 23.2 Å². The molecule has 0 radical (unpaired) electrons. The highest BCUT2D eigenvalue weighted by Crippen LogP contribution is 2.29. The Labute approximate surface area is 163 Å². The van der Waals surface area contributed by atoms with Crippen molar-refractivity contribution >= 4 is 46.4 Å². The molecule has 26 heavy (non-hydrogen) atoms. The Kier molecular flexibility index (Phi) is 7.30. The number of hydrogen-bond donors (Lipinski definition) is 2. The molecule has 0 saturated heterocycles. The van der Waals surface area contributed by atoms with Crippen molar-refractivity contribution in [3.8, 4) is 0 Å². The molecule has 0 aromatic heterocycles. The Bertz CT molecular complexity index is 796. The van der Waals surface area contributed by atoms with Gasteiger partial charge in [-0.1, -0.05) is 41.4 Å². The minimum absolute atomic E-state index is 0.0311. The van der Waals surface area contributed by atoms with Crippen molar-refractivity contribution in [2.75, 3.05) is 23.7 Å². The van der Waals surface area contributed by atoms with E-state index < -0.39 is 0 Å². The molecule has 2 rings (SSSR count). The molecule has 2 aromatic rings. The summed E-state index contributed by atoms with van der Waals surface area (Å²) in [5.41, 5.74) is 2.26. The Hall–Kier alpha value is -2.24. The van der Waals surface area contributed by atoms with Gasteiger partial charge in [0.1, 0.15) is 0 Å². The summed E-state index contributed by atoms with van der Waals surface area (Å²) in [5, 5.41) is 6.49. The lowest BCUT2D eigenvalue weighted by Gasteiger charge is -2.19. The molecule has 5 nitrogen and oxygen atoms in total. The third-order valence-electron chi connectivity index (χ3n) is 3.81. The van der Waals surface area contributed by atoms with Crippen molar-refractivity contribution in [2.45, 2.75) is 20.4 Å². The largest absolute Gasteiger partial charge is 0.376 e. The van der Waals surface area contributed by atoms with Crippen LogP contribution in [0.25, 0.3) is 0 Å².